The highest BCUT2D eigenvalue weighted by Crippen LogP contribution is 2.30. The van der Waals surface area contributed by atoms with E-state index in [4.69, 9.17) is 16.3 Å². The van der Waals surface area contributed by atoms with Crippen molar-refractivity contribution >= 4 is 30.0 Å². The van der Waals surface area contributed by atoms with Crippen LogP contribution in [0.15, 0.2) is 6.20 Å². The Morgan fingerprint density at radius 1 is 1.39 bits per heavy atom. The number of nitrogens with one attached hydrogen (secondary N) is 2. The van der Waals surface area contributed by atoms with E-state index in [1.54, 1.807) is 6.20 Å². The summed E-state index contributed by atoms with van der Waals surface area (Å²) >= 11 is 5.99. The van der Waals surface area contributed by atoms with E-state index in [-0.39, 0.29) is 12.4 Å². The van der Waals surface area contributed by atoms with Gasteiger partial charge in [0.1, 0.15) is 11.1 Å². The van der Waals surface area contributed by atoms with Crippen LogP contribution < -0.4 is 15.4 Å². The zero-order valence-corrected chi connectivity index (χ0v) is 11.4. The fraction of sp³-hybridized carbons (Fsp3) is 0.636. The smallest absolute Gasteiger partial charge is 0.237 e. The summed E-state index contributed by atoms with van der Waals surface area (Å²) in [4.78, 5) is 8.48. The number of ether oxygens (including phenoxy) is 1. The van der Waals surface area contributed by atoms with Gasteiger partial charge in [0.25, 0.3) is 0 Å². The van der Waals surface area contributed by atoms with Crippen molar-refractivity contribution in [2.24, 2.45) is 0 Å². The van der Waals surface area contributed by atoms with Crippen LogP contribution in [0, 0.1) is 0 Å². The van der Waals surface area contributed by atoms with Crippen LogP contribution in [0.4, 0.5) is 5.95 Å². The van der Waals surface area contributed by atoms with Crippen molar-refractivity contribution in [2.75, 3.05) is 18.4 Å². The first-order chi connectivity index (χ1) is 8.31. The van der Waals surface area contributed by atoms with Crippen molar-refractivity contribution in [2.45, 2.75) is 31.4 Å². The number of rotatable bonds is 4. The Morgan fingerprint density at radius 3 is 2.89 bits per heavy atom. The summed E-state index contributed by atoms with van der Waals surface area (Å²) in [5.74, 6) is 1.09. The number of halogens is 2. The van der Waals surface area contributed by atoms with E-state index in [0.29, 0.717) is 29.0 Å². The van der Waals surface area contributed by atoms with Crippen molar-refractivity contribution in [3.63, 3.8) is 0 Å². The van der Waals surface area contributed by atoms with Crippen molar-refractivity contribution < 1.29 is 4.74 Å². The van der Waals surface area contributed by atoms with Crippen LogP contribution in [0.5, 0.6) is 5.88 Å². The van der Waals surface area contributed by atoms with Crippen LogP contribution in [-0.2, 0) is 0 Å². The summed E-state index contributed by atoms with van der Waals surface area (Å²) in [6.45, 7) is 1.99. The minimum absolute atomic E-state index is 0. The molecule has 2 fully saturated rings. The molecule has 2 aliphatic rings. The van der Waals surface area contributed by atoms with Crippen LogP contribution in [0.1, 0.15) is 19.3 Å². The van der Waals surface area contributed by atoms with Gasteiger partial charge in [-0.25, -0.2) is 4.98 Å². The maximum absolute atomic E-state index is 5.99. The second kappa shape index (κ2) is 5.91. The molecule has 2 N–H and O–H groups in total. The lowest BCUT2D eigenvalue weighted by molar-refractivity contribution is 0.291. The molecule has 1 aromatic rings. The summed E-state index contributed by atoms with van der Waals surface area (Å²) in [5.41, 5.74) is 0. The number of nitrogens with zero attached hydrogens (tertiary/aromatic N) is 2. The highest BCUT2D eigenvalue weighted by atomic mass is 35.5. The number of anilines is 1. The zero-order valence-electron chi connectivity index (χ0n) is 9.86. The molecule has 18 heavy (non-hydrogen) atoms. The molecule has 3 rings (SSSR count). The molecule has 100 valence electrons. The maximum atomic E-state index is 5.99. The third kappa shape index (κ3) is 3.37. The molecule has 1 aliphatic heterocycles. The molecule has 1 unspecified atom stereocenters. The fourth-order valence-corrected chi connectivity index (χ4v) is 1.94. The van der Waals surface area contributed by atoms with Crippen molar-refractivity contribution in [1.29, 1.82) is 0 Å². The first kappa shape index (κ1) is 13.6. The lowest BCUT2D eigenvalue weighted by Crippen LogP contribution is -2.23. The molecule has 1 aromatic heterocycles. The predicted molar refractivity (Wildman–Crippen MR) is 72.8 cm³/mol. The molecule has 0 amide bonds. The van der Waals surface area contributed by atoms with Gasteiger partial charge in [-0.1, -0.05) is 11.6 Å². The molecule has 1 atom stereocenters. The van der Waals surface area contributed by atoms with E-state index in [1.165, 1.54) is 0 Å². The molecule has 2 heterocycles. The Balaban J connectivity index is 0.00000120. The van der Waals surface area contributed by atoms with Gasteiger partial charge in [-0.05, 0) is 25.8 Å². The van der Waals surface area contributed by atoms with Gasteiger partial charge >= 0.3 is 0 Å². The third-order valence-electron chi connectivity index (χ3n) is 2.91. The summed E-state index contributed by atoms with van der Waals surface area (Å²) < 4.78 is 5.62. The number of aromatic nitrogens is 2. The van der Waals surface area contributed by atoms with Crippen molar-refractivity contribution in [3.8, 4) is 5.88 Å². The van der Waals surface area contributed by atoms with Gasteiger partial charge in [0.05, 0.1) is 6.20 Å². The zero-order chi connectivity index (χ0) is 11.7. The molecular weight excluding hydrogens is 275 g/mol. The minimum Gasteiger partial charge on any atom is -0.473 e. The lowest BCUT2D eigenvalue weighted by atomic mass is 10.3. The minimum atomic E-state index is 0. The van der Waals surface area contributed by atoms with Crippen LogP contribution >= 0.6 is 24.0 Å². The van der Waals surface area contributed by atoms with Gasteiger partial charge in [0.2, 0.25) is 11.8 Å². The first-order valence-corrected chi connectivity index (χ1v) is 6.35. The van der Waals surface area contributed by atoms with Crippen LogP contribution in [0.2, 0.25) is 5.02 Å². The first-order valence-electron chi connectivity index (χ1n) is 5.98. The SMILES string of the molecule is Cl.Clc1cnc(NC2CCNC2)nc1OC1CC1. The van der Waals surface area contributed by atoms with Crippen LogP contribution in [-0.4, -0.2) is 35.2 Å². The van der Waals surface area contributed by atoms with Crippen LogP contribution in [0.3, 0.4) is 0 Å². The molecular formula is C11H16Cl2N4O. The Kier molecular flexibility index (Phi) is 4.48. The Bertz CT molecular complexity index is 408. The van der Waals surface area contributed by atoms with Crippen molar-refractivity contribution in [3.05, 3.63) is 11.2 Å². The van der Waals surface area contributed by atoms with Gasteiger partial charge in [0.15, 0.2) is 0 Å². The molecule has 0 spiro atoms. The Morgan fingerprint density at radius 2 is 2.22 bits per heavy atom. The average Bonchev–Trinajstić information content (AvgIpc) is 2.98. The van der Waals surface area contributed by atoms with E-state index in [1.807, 2.05) is 0 Å². The molecule has 7 heteroatoms. The van der Waals surface area contributed by atoms with E-state index in [2.05, 4.69) is 20.6 Å². The molecule has 5 nitrogen and oxygen atoms in total. The molecule has 0 radical (unpaired) electrons. The summed E-state index contributed by atoms with van der Waals surface area (Å²) in [6, 6.07) is 0.393. The second-order valence-electron chi connectivity index (χ2n) is 4.50. The average molecular weight is 291 g/mol. The summed E-state index contributed by atoms with van der Waals surface area (Å²) in [7, 11) is 0. The number of hydrogen-bond donors (Lipinski definition) is 2. The largest absolute Gasteiger partial charge is 0.473 e. The predicted octanol–water partition coefficient (Wildman–Crippen LogP) is 1.87. The maximum Gasteiger partial charge on any atom is 0.237 e. The highest BCUT2D eigenvalue weighted by molar-refractivity contribution is 6.31. The normalized spacial score (nSPS) is 22.4. The monoisotopic (exact) mass is 290 g/mol. The third-order valence-corrected chi connectivity index (χ3v) is 3.17. The molecule has 1 aliphatic carbocycles. The van der Waals surface area contributed by atoms with Gasteiger partial charge < -0.3 is 15.4 Å². The topological polar surface area (TPSA) is 59.1 Å². The molecule has 0 bridgehead atoms. The highest BCUT2D eigenvalue weighted by Gasteiger charge is 2.25. The number of hydrogen-bond acceptors (Lipinski definition) is 5. The summed E-state index contributed by atoms with van der Waals surface area (Å²) in [6.07, 6.45) is 5.16. The van der Waals surface area contributed by atoms with E-state index in [0.717, 1.165) is 32.4 Å². The molecule has 1 saturated carbocycles. The van der Waals surface area contributed by atoms with E-state index >= 15 is 0 Å². The lowest BCUT2D eigenvalue weighted by Gasteiger charge is -2.12. The molecule has 1 saturated heterocycles. The fourth-order valence-electron chi connectivity index (χ4n) is 1.81. The molecule has 0 aromatic carbocycles. The Hall–Kier alpha value is -0.780. The van der Waals surface area contributed by atoms with Crippen molar-refractivity contribution in [1.82, 2.24) is 15.3 Å². The van der Waals surface area contributed by atoms with E-state index < -0.39 is 0 Å². The second-order valence-corrected chi connectivity index (χ2v) is 4.91. The van der Waals surface area contributed by atoms with Gasteiger partial charge in [-0.3, -0.25) is 0 Å². The van der Waals surface area contributed by atoms with Gasteiger partial charge in [-0.15, -0.1) is 12.4 Å². The standard InChI is InChI=1S/C11H15ClN4O.ClH/c12-9-6-14-11(15-7-3-4-13-5-7)16-10(9)17-8-1-2-8;/h6-8,13H,1-5H2,(H,14,15,16);1H. The van der Waals surface area contributed by atoms with Crippen LogP contribution in [0.25, 0.3) is 0 Å². The van der Waals surface area contributed by atoms with Gasteiger partial charge in [0, 0.05) is 12.6 Å². The van der Waals surface area contributed by atoms with Gasteiger partial charge in [-0.2, -0.15) is 4.98 Å². The Labute approximate surface area is 117 Å². The summed E-state index contributed by atoms with van der Waals surface area (Å²) in [5, 5.41) is 7.04. The van der Waals surface area contributed by atoms with E-state index in [9.17, 15) is 0 Å². The quantitative estimate of drug-likeness (QED) is 0.887.